The lowest BCUT2D eigenvalue weighted by Crippen LogP contribution is -2.32. The first-order valence-corrected chi connectivity index (χ1v) is 11.7. The molecule has 0 radical (unpaired) electrons. The van der Waals surface area contributed by atoms with Crippen LogP contribution in [0.1, 0.15) is 17.2 Å². The molecule has 1 heterocycles. The van der Waals surface area contributed by atoms with E-state index in [1.807, 2.05) is 0 Å². The van der Waals surface area contributed by atoms with Crippen LogP contribution in [0.4, 0.5) is 0 Å². The maximum Gasteiger partial charge on any atom is 0.295 e. The molecule has 2 aromatic rings. The van der Waals surface area contributed by atoms with Crippen molar-refractivity contribution in [1.29, 1.82) is 0 Å². The molecule has 0 aromatic heterocycles. The van der Waals surface area contributed by atoms with Crippen molar-refractivity contribution in [2.45, 2.75) is 10.9 Å². The number of phenolic OH excluding ortho intramolecular Hbond substituents is 1. The molecule has 1 unspecified atom stereocenters. The number of sulfonamides is 1. The fraction of sp³-hybridized carbons (Fsp3) is 0.304. The Bertz CT molecular complexity index is 1240. The number of carbonyl (C=O) groups is 2. The monoisotopic (exact) mass is 490 g/mol. The molecule has 0 spiro atoms. The third-order valence-electron chi connectivity index (χ3n) is 5.50. The van der Waals surface area contributed by atoms with Gasteiger partial charge in [-0.15, -0.1) is 0 Å². The minimum Gasteiger partial charge on any atom is -0.507 e. The Morgan fingerprint density at radius 1 is 1.09 bits per heavy atom. The lowest BCUT2D eigenvalue weighted by atomic mass is 9.95. The minimum atomic E-state index is -3.69. The number of aliphatic hydroxyl groups excluding tert-OH is 1. The third kappa shape index (κ3) is 4.49. The van der Waals surface area contributed by atoms with Crippen molar-refractivity contribution in [1.82, 2.24) is 9.21 Å². The molecule has 2 aromatic carbocycles. The normalized spacial score (nSPS) is 18.0. The van der Waals surface area contributed by atoms with Gasteiger partial charge in [0.1, 0.15) is 5.76 Å². The highest BCUT2D eigenvalue weighted by atomic mass is 32.2. The zero-order chi connectivity index (χ0) is 25.2. The molecular weight excluding hydrogens is 464 g/mol. The molecule has 1 atom stereocenters. The number of nitrogens with zero attached hydrogens (tertiary/aromatic N) is 2. The number of benzene rings is 2. The molecule has 0 bridgehead atoms. The fourth-order valence-corrected chi connectivity index (χ4v) is 4.56. The Kier molecular flexibility index (Phi) is 7.29. The predicted octanol–water partition coefficient (Wildman–Crippen LogP) is 1.72. The van der Waals surface area contributed by atoms with Crippen LogP contribution in [0.3, 0.4) is 0 Å². The first kappa shape index (κ1) is 25.2. The third-order valence-corrected chi connectivity index (χ3v) is 7.33. The summed E-state index contributed by atoms with van der Waals surface area (Å²) in [6.45, 7) is 0.224. The largest absolute Gasteiger partial charge is 0.507 e. The van der Waals surface area contributed by atoms with Gasteiger partial charge in [-0.3, -0.25) is 9.59 Å². The molecule has 1 amide bonds. The zero-order valence-corrected chi connectivity index (χ0v) is 20.0. The van der Waals surface area contributed by atoms with E-state index >= 15 is 0 Å². The van der Waals surface area contributed by atoms with Crippen LogP contribution in [0.5, 0.6) is 11.5 Å². The van der Waals surface area contributed by atoms with Crippen LogP contribution < -0.4 is 4.74 Å². The molecule has 2 N–H and O–H groups in total. The maximum atomic E-state index is 13.0. The van der Waals surface area contributed by atoms with E-state index in [0.717, 1.165) is 4.31 Å². The standard InChI is InChI=1S/C23H26N2O8S/c1-24(2)34(30,31)16-8-5-14(6-9-16)21(27)19-20(15-7-10-17(26)18(13-15)33-4)25(11-12-32-3)23(29)22(19)28/h5-10,13,20,26-27H,11-12H2,1-4H3/b21-19+. The number of likely N-dealkylation sites (tertiary alicyclic amines) is 1. The van der Waals surface area contributed by atoms with Crippen molar-refractivity contribution in [2.75, 3.05) is 41.5 Å². The van der Waals surface area contributed by atoms with Crippen molar-refractivity contribution in [3.05, 3.63) is 59.2 Å². The van der Waals surface area contributed by atoms with E-state index in [0.29, 0.717) is 5.56 Å². The number of rotatable bonds is 8. The predicted molar refractivity (Wildman–Crippen MR) is 123 cm³/mol. The second-order valence-corrected chi connectivity index (χ2v) is 9.88. The Morgan fingerprint density at radius 2 is 1.74 bits per heavy atom. The molecule has 0 saturated carbocycles. The quantitative estimate of drug-likeness (QED) is 0.325. The Balaban J connectivity index is 2.16. The average molecular weight is 491 g/mol. The molecule has 11 heteroatoms. The summed E-state index contributed by atoms with van der Waals surface area (Å²) in [7, 11) is 1.93. The van der Waals surface area contributed by atoms with Gasteiger partial charge >= 0.3 is 0 Å². The minimum absolute atomic E-state index is 0.00872. The van der Waals surface area contributed by atoms with Gasteiger partial charge < -0.3 is 24.6 Å². The molecule has 1 aliphatic heterocycles. The number of Topliss-reactive ketones (excluding diaryl/α,β-unsaturated/α-hetero) is 1. The van der Waals surface area contributed by atoms with Crippen LogP contribution >= 0.6 is 0 Å². The summed E-state index contributed by atoms with van der Waals surface area (Å²) >= 11 is 0. The number of amides is 1. The van der Waals surface area contributed by atoms with Crippen molar-refractivity contribution in [3.8, 4) is 11.5 Å². The van der Waals surface area contributed by atoms with E-state index in [1.54, 1.807) is 0 Å². The zero-order valence-electron chi connectivity index (χ0n) is 19.2. The first-order valence-electron chi connectivity index (χ1n) is 10.2. The number of ketones is 1. The summed E-state index contributed by atoms with van der Waals surface area (Å²) in [5, 5.41) is 21.0. The van der Waals surface area contributed by atoms with E-state index in [2.05, 4.69) is 0 Å². The molecular formula is C23H26N2O8S. The number of aromatic hydroxyl groups is 1. The molecule has 182 valence electrons. The van der Waals surface area contributed by atoms with Gasteiger partial charge in [-0.05, 0) is 42.0 Å². The van der Waals surface area contributed by atoms with Gasteiger partial charge in [0.15, 0.2) is 11.5 Å². The van der Waals surface area contributed by atoms with Gasteiger partial charge in [0.25, 0.3) is 11.7 Å². The van der Waals surface area contributed by atoms with Crippen LogP contribution in [-0.2, 0) is 24.3 Å². The number of hydrogen-bond acceptors (Lipinski definition) is 8. The van der Waals surface area contributed by atoms with E-state index < -0.39 is 33.5 Å². The number of hydrogen-bond donors (Lipinski definition) is 2. The van der Waals surface area contributed by atoms with Gasteiger partial charge in [0, 0.05) is 33.3 Å². The molecule has 1 fully saturated rings. The Morgan fingerprint density at radius 3 is 2.29 bits per heavy atom. The number of aliphatic hydroxyl groups is 1. The molecule has 34 heavy (non-hydrogen) atoms. The summed E-state index contributed by atoms with van der Waals surface area (Å²) in [4.78, 5) is 27.1. The summed E-state index contributed by atoms with van der Waals surface area (Å²) in [6, 6.07) is 8.74. The van der Waals surface area contributed by atoms with Crippen LogP contribution in [0.2, 0.25) is 0 Å². The highest BCUT2D eigenvalue weighted by Crippen LogP contribution is 2.41. The van der Waals surface area contributed by atoms with E-state index in [-0.39, 0.29) is 40.7 Å². The molecule has 10 nitrogen and oxygen atoms in total. The number of ether oxygens (including phenoxy) is 2. The van der Waals surface area contributed by atoms with Crippen molar-refractivity contribution in [2.24, 2.45) is 0 Å². The summed E-state index contributed by atoms with van der Waals surface area (Å²) in [5.74, 6) is -2.16. The second kappa shape index (κ2) is 9.84. The lowest BCUT2D eigenvalue weighted by molar-refractivity contribution is -0.140. The highest BCUT2D eigenvalue weighted by Gasteiger charge is 2.46. The topological polar surface area (TPSA) is 134 Å². The van der Waals surface area contributed by atoms with E-state index in [9.17, 15) is 28.2 Å². The molecule has 0 aliphatic carbocycles. The SMILES string of the molecule is COCCN1C(=O)C(=O)/C(=C(/O)c2ccc(S(=O)(=O)N(C)C)cc2)C1c1ccc(O)c(OC)c1. The number of carbonyl (C=O) groups excluding carboxylic acids is 2. The Hall–Kier alpha value is -3.41. The fourth-order valence-electron chi connectivity index (χ4n) is 3.66. The van der Waals surface area contributed by atoms with E-state index in [4.69, 9.17) is 9.47 Å². The van der Waals surface area contributed by atoms with Crippen LogP contribution in [-0.4, -0.2) is 81.0 Å². The Labute approximate surface area is 197 Å². The van der Waals surface area contributed by atoms with Crippen molar-refractivity contribution < 1.29 is 37.7 Å². The van der Waals surface area contributed by atoms with Crippen LogP contribution in [0, 0.1) is 0 Å². The number of phenols is 1. The molecule has 3 rings (SSSR count). The lowest BCUT2D eigenvalue weighted by Gasteiger charge is -2.25. The van der Waals surface area contributed by atoms with Gasteiger partial charge in [-0.1, -0.05) is 6.07 Å². The summed E-state index contributed by atoms with van der Waals surface area (Å²) < 4.78 is 36.0. The van der Waals surface area contributed by atoms with Gasteiger partial charge in [-0.25, -0.2) is 12.7 Å². The second-order valence-electron chi connectivity index (χ2n) is 7.73. The smallest absolute Gasteiger partial charge is 0.295 e. The summed E-state index contributed by atoms with van der Waals surface area (Å²) in [5.41, 5.74) is 0.425. The average Bonchev–Trinajstić information content (AvgIpc) is 3.07. The number of methoxy groups -OCH3 is 2. The maximum absolute atomic E-state index is 13.0. The van der Waals surface area contributed by atoms with Crippen molar-refractivity contribution in [3.63, 3.8) is 0 Å². The first-order chi connectivity index (χ1) is 16.0. The van der Waals surface area contributed by atoms with E-state index in [1.165, 1.54) is 75.7 Å². The van der Waals surface area contributed by atoms with Gasteiger partial charge in [-0.2, -0.15) is 0 Å². The van der Waals surface area contributed by atoms with Gasteiger partial charge in [0.05, 0.1) is 30.2 Å². The highest BCUT2D eigenvalue weighted by molar-refractivity contribution is 7.89. The molecule has 1 saturated heterocycles. The molecule has 1 aliphatic rings. The summed E-state index contributed by atoms with van der Waals surface area (Å²) in [6.07, 6.45) is 0. The van der Waals surface area contributed by atoms with Gasteiger partial charge in [0.2, 0.25) is 10.0 Å². The van der Waals surface area contributed by atoms with Crippen LogP contribution in [0.25, 0.3) is 5.76 Å². The van der Waals surface area contributed by atoms with Crippen LogP contribution in [0.15, 0.2) is 52.9 Å². The van der Waals surface area contributed by atoms with Crippen molar-refractivity contribution >= 4 is 27.5 Å².